The molecular formula is C10H5F3N2O3. The first-order chi connectivity index (χ1) is 8.32. The van der Waals surface area contributed by atoms with E-state index in [0.29, 0.717) is 0 Å². The molecule has 0 atom stereocenters. The molecule has 0 aliphatic carbocycles. The van der Waals surface area contributed by atoms with E-state index < -0.39 is 22.5 Å². The van der Waals surface area contributed by atoms with Crippen molar-refractivity contribution in [2.75, 3.05) is 0 Å². The number of para-hydroxylation sites is 1. The molecule has 1 heterocycles. The Labute approximate surface area is 97.8 Å². The average molecular weight is 258 g/mol. The van der Waals surface area contributed by atoms with Crippen molar-refractivity contribution in [2.24, 2.45) is 0 Å². The van der Waals surface area contributed by atoms with Gasteiger partial charge in [-0.25, -0.2) is 0 Å². The summed E-state index contributed by atoms with van der Waals surface area (Å²) in [6, 6.07) is 5.31. The molecule has 94 valence electrons. The first kappa shape index (κ1) is 12.1. The van der Waals surface area contributed by atoms with Crippen LogP contribution in [0.3, 0.4) is 0 Å². The van der Waals surface area contributed by atoms with Crippen molar-refractivity contribution in [1.29, 1.82) is 0 Å². The number of halogens is 3. The van der Waals surface area contributed by atoms with Gasteiger partial charge in [0.05, 0.1) is 11.0 Å². The number of nitro groups is 1. The Morgan fingerprint density at radius 2 is 1.83 bits per heavy atom. The molecule has 0 spiro atoms. The molecule has 2 rings (SSSR count). The van der Waals surface area contributed by atoms with Crippen molar-refractivity contribution >= 4 is 16.6 Å². The minimum absolute atomic E-state index is 0.134. The Kier molecular flexibility index (Phi) is 2.57. The zero-order valence-corrected chi connectivity index (χ0v) is 8.64. The summed E-state index contributed by atoms with van der Waals surface area (Å²) in [5, 5.41) is 22.1. The summed E-state index contributed by atoms with van der Waals surface area (Å²) in [5.74, 6) is 0. The highest BCUT2D eigenvalue weighted by atomic mass is 19.4. The molecule has 0 saturated carbocycles. The third-order valence-electron chi connectivity index (χ3n) is 2.38. The van der Waals surface area contributed by atoms with E-state index in [1.165, 1.54) is 18.2 Å². The van der Waals surface area contributed by atoms with Gasteiger partial charge in [-0.3, -0.25) is 10.1 Å². The molecule has 8 heteroatoms. The Balaban J connectivity index is 2.92. The molecule has 2 aromatic rings. The maximum Gasteiger partial charge on any atom is 0.479 e. The summed E-state index contributed by atoms with van der Waals surface area (Å²) in [4.78, 5) is 9.79. The lowest BCUT2D eigenvalue weighted by molar-refractivity contribution is -0.603. The number of nitrogens with zero attached hydrogens (tertiary/aromatic N) is 2. The molecule has 0 N–H and O–H groups in total. The minimum Gasteiger partial charge on any atom is -0.618 e. The standard InChI is InChI=1S/C10H5F3N2O3/c11-10(12,13)9-5-8(15(17)18)6-3-1-2-4-7(6)14(9)16/h1-5H. The monoisotopic (exact) mass is 258 g/mol. The highest BCUT2D eigenvalue weighted by molar-refractivity contribution is 5.85. The van der Waals surface area contributed by atoms with Crippen LogP contribution in [0.1, 0.15) is 5.69 Å². The molecule has 1 aromatic carbocycles. The van der Waals surface area contributed by atoms with Gasteiger partial charge >= 0.3 is 11.9 Å². The van der Waals surface area contributed by atoms with Crippen LogP contribution in [0.15, 0.2) is 30.3 Å². The number of benzene rings is 1. The van der Waals surface area contributed by atoms with E-state index in [9.17, 15) is 28.5 Å². The van der Waals surface area contributed by atoms with E-state index in [1.807, 2.05) is 0 Å². The van der Waals surface area contributed by atoms with Gasteiger partial charge in [0.2, 0.25) is 5.52 Å². The Bertz CT molecular complexity index is 640. The van der Waals surface area contributed by atoms with Crippen LogP contribution in [-0.2, 0) is 6.18 Å². The van der Waals surface area contributed by atoms with Crippen molar-refractivity contribution in [3.8, 4) is 0 Å². The Morgan fingerprint density at radius 3 is 2.39 bits per heavy atom. The smallest absolute Gasteiger partial charge is 0.479 e. The zero-order valence-electron chi connectivity index (χ0n) is 8.64. The number of alkyl halides is 3. The fourth-order valence-corrected chi connectivity index (χ4v) is 1.61. The largest absolute Gasteiger partial charge is 0.618 e. The van der Waals surface area contributed by atoms with E-state index in [1.54, 1.807) is 0 Å². The van der Waals surface area contributed by atoms with Crippen molar-refractivity contribution in [2.45, 2.75) is 6.18 Å². The van der Waals surface area contributed by atoms with Gasteiger partial charge in [0.1, 0.15) is 5.39 Å². The second-order valence-electron chi connectivity index (χ2n) is 3.48. The second-order valence-corrected chi connectivity index (χ2v) is 3.48. The lowest BCUT2D eigenvalue weighted by Crippen LogP contribution is -2.37. The van der Waals surface area contributed by atoms with Crippen molar-refractivity contribution in [3.63, 3.8) is 0 Å². The van der Waals surface area contributed by atoms with Crippen LogP contribution in [-0.4, -0.2) is 4.92 Å². The molecule has 18 heavy (non-hydrogen) atoms. The molecule has 0 bridgehead atoms. The summed E-state index contributed by atoms with van der Waals surface area (Å²) in [6.07, 6.45) is -4.95. The number of hydrogen-bond acceptors (Lipinski definition) is 3. The van der Waals surface area contributed by atoms with Gasteiger partial charge in [-0.2, -0.15) is 17.9 Å². The topological polar surface area (TPSA) is 70.1 Å². The van der Waals surface area contributed by atoms with E-state index in [-0.39, 0.29) is 21.7 Å². The summed E-state index contributed by atoms with van der Waals surface area (Å²) >= 11 is 0. The predicted octanol–water partition coefficient (Wildman–Crippen LogP) is 2.40. The number of aromatic nitrogens is 1. The predicted molar refractivity (Wildman–Crippen MR) is 54.6 cm³/mol. The lowest BCUT2D eigenvalue weighted by atomic mass is 10.1. The van der Waals surface area contributed by atoms with Gasteiger partial charge in [-0.1, -0.05) is 12.1 Å². The van der Waals surface area contributed by atoms with Gasteiger partial charge in [-0.05, 0) is 6.07 Å². The number of hydrogen-bond donors (Lipinski definition) is 0. The molecule has 0 saturated heterocycles. The molecule has 5 nitrogen and oxygen atoms in total. The third kappa shape index (κ3) is 1.81. The van der Waals surface area contributed by atoms with Gasteiger partial charge in [0, 0.05) is 6.07 Å². The maximum absolute atomic E-state index is 12.6. The van der Waals surface area contributed by atoms with E-state index >= 15 is 0 Å². The second kappa shape index (κ2) is 3.83. The minimum atomic E-state index is -4.95. The van der Waals surface area contributed by atoms with Crippen LogP contribution < -0.4 is 4.73 Å². The third-order valence-corrected chi connectivity index (χ3v) is 2.38. The summed E-state index contributed by atoms with van der Waals surface area (Å²) in [6.45, 7) is 0. The van der Waals surface area contributed by atoms with Crippen LogP contribution in [0.5, 0.6) is 0 Å². The first-order valence-electron chi connectivity index (χ1n) is 4.69. The van der Waals surface area contributed by atoms with Gasteiger partial charge in [0.15, 0.2) is 0 Å². The van der Waals surface area contributed by atoms with Crippen LogP contribution >= 0.6 is 0 Å². The quantitative estimate of drug-likeness (QED) is 0.341. The zero-order chi connectivity index (χ0) is 13.5. The molecule has 0 aliphatic rings. The van der Waals surface area contributed by atoms with Gasteiger partial charge < -0.3 is 5.21 Å². The SMILES string of the molecule is O=[N+]([O-])c1cc(C(F)(F)F)[n+]([O-])c2ccccc12. The Hall–Kier alpha value is -2.38. The molecule has 1 aromatic heterocycles. The summed E-state index contributed by atoms with van der Waals surface area (Å²) < 4.78 is 37.4. The highest BCUT2D eigenvalue weighted by Gasteiger charge is 2.42. The highest BCUT2D eigenvalue weighted by Crippen LogP contribution is 2.32. The van der Waals surface area contributed by atoms with Crippen molar-refractivity contribution < 1.29 is 22.8 Å². The Morgan fingerprint density at radius 1 is 1.22 bits per heavy atom. The van der Waals surface area contributed by atoms with Crippen LogP contribution in [0.4, 0.5) is 18.9 Å². The molecule has 0 amide bonds. The van der Waals surface area contributed by atoms with Crippen LogP contribution in [0.2, 0.25) is 0 Å². The number of rotatable bonds is 1. The van der Waals surface area contributed by atoms with E-state index in [0.717, 1.165) is 6.07 Å². The fourth-order valence-electron chi connectivity index (χ4n) is 1.61. The van der Waals surface area contributed by atoms with Crippen molar-refractivity contribution in [3.05, 3.63) is 51.3 Å². The molecular weight excluding hydrogens is 253 g/mol. The molecule has 0 unspecified atom stereocenters. The number of fused-ring (bicyclic) bond motifs is 1. The summed E-state index contributed by atoms with van der Waals surface area (Å²) in [7, 11) is 0. The lowest BCUT2D eigenvalue weighted by Gasteiger charge is -2.09. The van der Waals surface area contributed by atoms with E-state index in [2.05, 4.69) is 0 Å². The molecule has 0 fully saturated rings. The van der Waals surface area contributed by atoms with Crippen molar-refractivity contribution in [1.82, 2.24) is 0 Å². The maximum atomic E-state index is 12.6. The molecule has 0 aliphatic heterocycles. The summed E-state index contributed by atoms with van der Waals surface area (Å²) in [5.41, 5.74) is -2.74. The van der Waals surface area contributed by atoms with Crippen LogP contribution in [0.25, 0.3) is 10.9 Å². The van der Waals surface area contributed by atoms with Gasteiger partial charge in [0.25, 0.3) is 5.69 Å². The number of pyridine rings is 1. The molecule has 0 radical (unpaired) electrons. The fraction of sp³-hybridized carbons (Fsp3) is 0.100. The van der Waals surface area contributed by atoms with Crippen LogP contribution in [0, 0.1) is 15.3 Å². The normalized spacial score (nSPS) is 11.7. The first-order valence-corrected chi connectivity index (χ1v) is 4.69. The average Bonchev–Trinajstić information content (AvgIpc) is 2.27. The van der Waals surface area contributed by atoms with E-state index in [4.69, 9.17) is 0 Å². The van der Waals surface area contributed by atoms with Gasteiger partial charge in [-0.15, -0.1) is 0 Å².